The summed E-state index contributed by atoms with van der Waals surface area (Å²) < 4.78 is 33.5. The number of benzene rings is 1. The quantitative estimate of drug-likeness (QED) is 0.872. The van der Waals surface area contributed by atoms with Crippen molar-refractivity contribution in [3.05, 3.63) is 47.3 Å². The van der Waals surface area contributed by atoms with Crippen molar-refractivity contribution in [2.75, 3.05) is 12.4 Å². The molecular formula is C13H13F2N3O2. The van der Waals surface area contributed by atoms with Crippen LogP contribution >= 0.6 is 0 Å². The standard InChI is InChI=1S/C13H13F2N3O2/c1-18-7-8(6-17-18)5-16-10-4-3-9(13(19)20-2)11(14)12(10)15/h3-4,6-7,16H,5H2,1-2H3. The average Bonchev–Trinajstić information content (AvgIpc) is 2.85. The van der Waals surface area contributed by atoms with Gasteiger partial charge in [0, 0.05) is 25.4 Å². The summed E-state index contributed by atoms with van der Waals surface area (Å²) in [5, 5.41) is 6.71. The monoisotopic (exact) mass is 281 g/mol. The average molecular weight is 281 g/mol. The number of aryl methyl sites for hydroxylation is 1. The number of rotatable bonds is 4. The van der Waals surface area contributed by atoms with E-state index in [2.05, 4.69) is 15.2 Å². The van der Waals surface area contributed by atoms with Crippen molar-refractivity contribution in [2.24, 2.45) is 7.05 Å². The molecule has 1 heterocycles. The van der Waals surface area contributed by atoms with Gasteiger partial charge < -0.3 is 10.1 Å². The van der Waals surface area contributed by atoms with Gasteiger partial charge in [0.1, 0.15) is 0 Å². The maximum atomic E-state index is 13.8. The molecule has 2 aromatic rings. The number of methoxy groups -OCH3 is 1. The molecule has 1 N–H and O–H groups in total. The van der Waals surface area contributed by atoms with Gasteiger partial charge in [0.25, 0.3) is 0 Å². The third kappa shape index (κ3) is 2.76. The number of nitrogens with one attached hydrogen (secondary N) is 1. The van der Waals surface area contributed by atoms with E-state index in [0.29, 0.717) is 6.54 Å². The third-order valence-electron chi connectivity index (χ3n) is 2.73. The highest BCUT2D eigenvalue weighted by molar-refractivity contribution is 5.90. The zero-order valence-corrected chi connectivity index (χ0v) is 11.0. The molecule has 0 saturated carbocycles. The first kappa shape index (κ1) is 14.0. The number of halogens is 2. The number of aromatic nitrogens is 2. The molecule has 0 spiro atoms. The third-order valence-corrected chi connectivity index (χ3v) is 2.73. The number of carbonyl (C=O) groups excluding carboxylic acids is 1. The van der Waals surface area contributed by atoms with Crippen LogP contribution in [-0.4, -0.2) is 22.9 Å². The van der Waals surface area contributed by atoms with Crippen molar-refractivity contribution in [3.8, 4) is 0 Å². The summed E-state index contributed by atoms with van der Waals surface area (Å²) in [6.07, 6.45) is 3.37. The van der Waals surface area contributed by atoms with E-state index in [1.807, 2.05) is 0 Å². The Morgan fingerprint density at radius 2 is 2.15 bits per heavy atom. The number of esters is 1. The van der Waals surface area contributed by atoms with E-state index in [1.165, 1.54) is 12.1 Å². The number of hydrogen-bond donors (Lipinski definition) is 1. The molecule has 1 aromatic heterocycles. The van der Waals surface area contributed by atoms with Crippen LogP contribution in [0.25, 0.3) is 0 Å². The summed E-state index contributed by atoms with van der Waals surface area (Å²) in [7, 11) is 2.86. The molecule has 0 aliphatic rings. The second kappa shape index (κ2) is 5.68. The molecule has 20 heavy (non-hydrogen) atoms. The molecule has 0 aliphatic heterocycles. The van der Waals surface area contributed by atoms with Crippen molar-refractivity contribution < 1.29 is 18.3 Å². The van der Waals surface area contributed by atoms with E-state index in [-0.39, 0.29) is 5.69 Å². The highest BCUT2D eigenvalue weighted by atomic mass is 19.2. The Balaban J connectivity index is 2.17. The highest BCUT2D eigenvalue weighted by Crippen LogP contribution is 2.21. The van der Waals surface area contributed by atoms with Crippen LogP contribution in [0.5, 0.6) is 0 Å². The van der Waals surface area contributed by atoms with Crippen LogP contribution in [0.1, 0.15) is 15.9 Å². The van der Waals surface area contributed by atoms with E-state index in [4.69, 9.17) is 0 Å². The van der Waals surface area contributed by atoms with Gasteiger partial charge in [0.05, 0.1) is 24.6 Å². The van der Waals surface area contributed by atoms with Crippen LogP contribution in [0.4, 0.5) is 14.5 Å². The fraction of sp³-hybridized carbons (Fsp3) is 0.231. The largest absolute Gasteiger partial charge is 0.465 e. The highest BCUT2D eigenvalue weighted by Gasteiger charge is 2.18. The molecule has 1 aromatic carbocycles. The fourth-order valence-electron chi connectivity index (χ4n) is 1.71. The summed E-state index contributed by atoms with van der Waals surface area (Å²) in [6, 6.07) is 2.47. The Bertz CT molecular complexity index is 641. The van der Waals surface area contributed by atoms with Gasteiger partial charge in [-0.2, -0.15) is 5.10 Å². The summed E-state index contributed by atoms with van der Waals surface area (Å²) in [5.41, 5.74) is 0.361. The fourth-order valence-corrected chi connectivity index (χ4v) is 1.71. The second-order valence-electron chi connectivity index (χ2n) is 4.16. The number of hydrogen-bond acceptors (Lipinski definition) is 4. The van der Waals surface area contributed by atoms with E-state index in [1.54, 1.807) is 24.1 Å². The van der Waals surface area contributed by atoms with Crippen LogP contribution in [-0.2, 0) is 18.3 Å². The van der Waals surface area contributed by atoms with Crippen LogP contribution in [0.15, 0.2) is 24.5 Å². The van der Waals surface area contributed by atoms with E-state index >= 15 is 0 Å². The predicted molar refractivity (Wildman–Crippen MR) is 68.2 cm³/mol. The lowest BCUT2D eigenvalue weighted by Gasteiger charge is -2.09. The number of nitrogens with zero attached hydrogens (tertiary/aromatic N) is 2. The van der Waals surface area contributed by atoms with Crippen molar-refractivity contribution in [1.29, 1.82) is 0 Å². The summed E-state index contributed by atoms with van der Waals surface area (Å²) in [5.74, 6) is -3.26. The van der Waals surface area contributed by atoms with Crippen molar-refractivity contribution in [3.63, 3.8) is 0 Å². The number of ether oxygens (including phenoxy) is 1. The Labute approximate surface area is 114 Å². The van der Waals surface area contributed by atoms with Crippen molar-refractivity contribution in [1.82, 2.24) is 9.78 Å². The Kier molecular flexibility index (Phi) is 3.97. The minimum atomic E-state index is -1.23. The minimum absolute atomic E-state index is 0.0287. The normalized spacial score (nSPS) is 10.4. The van der Waals surface area contributed by atoms with Gasteiger partial charge >= 0.3 is 5.97 Å². The maximum Gasteiger partial charge on any atom is 0.340 e. The molecule has 106 valence electrons. The second-order valence-corrected chi connectivity index (χ2v) is 4.16. The summed E-state index contributed by atoms with van der Waals surface area (Å²) in [6.45, 7) is 0.293. The molecule has 2 rings (SSSR count). The van der Waals surface area contributed by atoms with Crippen LogP contribution < -0.4 is 5.32 Å². The zero-order valence-electron chi connectivity index (χ0n) is 11.0. The lowest BCUT2D eigenvalue weighted by molar-refractivity contribution is 0.0594. The summed E-state index contributed by atoms with van der Waals surface area (Å²) >= 11 is 0. The molecule has 0 amide bonds. The lowest BCUT2D eigenvalue weighted by atomic mass is 10.1. The van der Waals surface area contributed by atoms with Crippen LogP contribution in [0.3, 0.4) is 0 Å². The molecule has 0 radical (unpaired) electrons. The van der Waals surface area contributed by atoms with E-state index < -0.39 is 23.2 Å². The maximum absolute atomic E-state index is 13.8. The Morgan fingerprint density at radius 3 is 2.75 bits per heavy atom. The molecule has 0 unspecified atom stereocenters. The Morgan fingerprint density at radius 1 is 1.40 bits per heavy atom. The molecular weight excluding hydrogens is 268 g/mol. The molecule has 0 aliphatic carbocycles. The molecule has 0 bridgehead atoms. The smallest absolute Gasteiger partial charge is 0.340 e. The van der Waals surface area contributed by atoms with Gasteiger partial charge in [0.15, 0.2) is 11.6 Å². The minimum Gasteiger partial charge on any atom is -0.465 e. The van der Waals surface area contributed by atoms with Gasteiger partial charge in [-0.3, -0.25) is 4.68 Å². The first-order valence-electron chi connectivity index (χ1n) is 5.80. The molecule has 0 saturated heterocycles. The molecule has 0 atom stereocenters. The predicted octanol–water partition coefficient (Wildman–Crippen LogP) is 2.10. The number of anilines is 1. The molecule has 7 heteroatoms. The van der Waals surface area contributed by atoms with Crippen LogP contribution in [0, 0.1) is 11.6 Å². The molecule has 0 fully saturated rings. The van der Waals surface area contributed by atoms with Gasteiger partial charge in [0.2, 0.25) is 0 Å². The van der Waals surface area contributed by atoms with Gasteiger partial charge in [-0.15, -0.1) is 0 Å². The van der Waals surface area contributed by atoms with Crippen molar-refractivity contribution in [2.45, 2.75) is 6.54 Å². The summed E-state index contributed by atoms with van der Waals surface area (Å²) in [4.78, 5) is 11.2. The van der Waals surface area contributed by atoms with Gasteiger partial charge in [-0.1, -0.05) is 0 Å². The first-order valence-corrected chi connectivity index (χ1v) is 5.80. The topological polar surface area (TPSA) is 56.1 Å². The SMILES string of the molecule is COC(=O)c1ccc(NCc2cnn(C)c2)c(F)c1F. The number of carbonyl (C=O) groups is 1. The zero-order chi connectivity index (χ0) is 14.7. The van der Waals surface area contributed by atoms with Gasteiger partial charge in [-0.25, -0.2) is 13.6 Å². The lowest BCUT2D eigenvalue weighted by Crippen LogP contribution is -2.09. The van der Waals surface area contributed by atoms with Crippen molar-refractivity contribution >= 4 is 11.7 Å². The Hall–Kier alpha value is -2.44. The van der Waals surface area contributed by atoms with Gasteiger partial charge in [-0.05, 0) is 12.1 Å². The van der Waals surface area contributed by atoms with E-state index in [0.717, 1.165) is 12.7 Å². The first-order chi connectivity index (χ1) is 9.52. The van der Waals surface area contributed by atoms with Crippen LogP contribution in [0.2, 0.25) is 0 Å². The van der Waals surface area contributed by atoms with E-state index in [9.17, 15) is 13.6 Å². The molecule has 5 nitrogen and oxygen atoms in total.